The average molecular weight is 491 g/mol. The number of aryl methyl sites for hydroxylation is 1. The van der Waals surface area contributed by atoms with Gasteiger partial charge in [-0.3, -0.25) is 24.1 Å². The normalized spacial score (nSPS) is 31.6. The number of benzene rings is 2. The molecule has 3 aliphatic carbocycles. The smallest absolute Gasteiger partial charge is 0.228 e. The summed E-state index contributed by atoms with van der Waals surface area (Å²) < 4.78 is 0. The van der Waals surface area contributed by atoms with Crippen LogP contribution in [0.3, 0.4) is 0 Å². The summed E-state index contributed by atoms with van der Waals surface area (Å²) >= 11 is 0. The fourth-order valence-corrected chi connectivity index (χ4v) is 6.79. The van der Waals surface area contributed by atoms with Crippen molar-refractivity contribution in [1.29, 1.82) is 0 Å². The number of aliphatic hydroxyl groups is 1. The number of Topliss-reactive ketones (excluding diaryl/α,β-unsaturated/α-hetero) is 3. The van der Waals surface area contributed by atoms with Gasteiger partial charge in [-0.25, -0.2) is 0 Å². The summed E-state index contributed by atoms with van der Waals surface area (Å²) in [4.78, 5) is 54.5. The second-order valence-corrected chi connectivity index (χ2v) is 10.8. The van der Waals surface area contributed by atoms with Crippen LogP contribution in [0.15, 0.2) is 36.4 Å². The first-order valence-corrected chi connectivity index (χ1v) is 12.2. The number of phenols is 1. The maximum atomic E-state index is 13.9. The van der Waals surface area contributed by atoms with Gasteiger partial charge in [-0.1, -0.05) is 35.9 Å². The van der Waals surface area contributed by atoms with E-state index in [9.17, 15) is 29.4 Å². The van der Waals surface area contributed by atoms with Crippen LogP contribution in [0.5, 0.6) is 5.75 Å². The van der Waals surface area contributed by atoms with E-state index in [0.717, 1.165) is 16.7 Å². The van der Waals surface area contributed by atoms with Crippen LogP contribution in [0.4, 0.5) is 0 Å². The van der Waals surface area contributed by atoms with Gasteiger partial charge >= 0.3 is 0 Å². The zero-order chi connectivity index (χ0) is 26.1. The van der Waals surface area contributed by atoms with Crippen LogP contribution in [-0.4, -0.2) is 64.1 Å². The van der Waals surface area contributed by atoms with E-state index in [0.29, 0.717) is 12.0 Å². The molecule has 2 fully saturated rings. The highest BCUT2D eigenvalue weighted by atomic mass is 16.3. The van der Waals surface area contributed by atoms with E-state index >= 15 is 0 Å². The number of phenolic OH excluding ortho intramolecular Hbond substituents is 1. The first kappa shape index (κ1) is 24.3. The predicted octanol–water partition coefficient (Wildman–Crippen LogP) is 1.66. The summed E-state index contributed by atoms with van der Waals surface area (Å²) in [5, 5.41) is 22.4. The van der Waals surface area contributed by atoms with Crippen molar-refractivity contribution < 1.29 is 29.4 Å². The van der Waals surface area contributed by atoms with Crippen LogP contribution in [-0.2, 0) is 20.8 Å². The molecule has 6 atom stereocenters. The standard InChI is InChI=1S/C28H30N2O6/c1-13-5-4-6-14(9-13)16-7-8-20(31)22-17(16)10-15-11-19-23(30(2)3)24(32)18(27(29)35)12-28(19,36)26(34)21(15)25(22)33/h4-9,15,18-19,21,23,31,36H,10-12H2,1-3H3,(H2,29,35). The number of likely N-dealkylation sites (N-methyl/N-ethyl adjacent to an activating group) is 1. The van der Waals surface area contributed by atoms with Gasteiger partial charge in [0, 0.05) is 12.3 Å². The molecule has 0 spiro atoms. The third kappa shape index (κ3) is 3.43. The van der Waals surface area contributed by atoms with Crippen molar-refractivity contribution in [2.24, 2.45) is 29.4 Å². The highest BCUT2D eigenvalue weighted by Crippen LogP contribution is 2.52. The molecule has 188 valence electrons. The maximum Gasteiger partial charge on any atom is 0.228 e. The summed E-state index contributed by atoms with van der Waals surface area (Å²) in [6.07, 6.45) is 0.171. The minimum atomic E-state index is -2.04. The molecule has 0 bridgehead atoms. The summed E-state index contributed by atoms with van der Waals surface area (Å²) in [6, 6.07) is 10.2. The summed E-state index contributed by atoms with van der Waals surface area (Å²) in [5.74, 6) is -6.43. The van der Waals surface area contributed by atoms with E-state index in [2.05, 4.69) is 0 Å². The molecular formula is C28H30N2O6. The molecule has 2 aromatic rings. The highest BCUT2D eigenvalue weighted by Gasteiger charge is 2.64. The SMILES string of the molecule is Cc1cccc(-c2ccc(O)c3c2CC2CC4C(N(C)C)C(=O)C(C(N)=O)CC4(O)C(=O)C2C3=O)c1. The summed E-state index contributed by atoms with van der Waals surface area (Å²) in [7, 11) is 3.33. The Morgan fingerprint density at radius 3 is 2.50 bits per heavy atom. The Labute approximate surface area is 209 Å². The number of amides is 1. The van der Waals surface area contributed by atoms with Gasteiger partial charge in [0.2, 0.25) is 5.91 Å². The lowest BCUT2D eigenvalue weighted by Crippen LogP contribution is -2.69. The minimum Gasteiger partial charge on any atom is -0.507 e. The van der Waals surface area contributed by atoms with Gasteiger partial charge in [0.25, 0.3) is 0 Å². The maximum absolute atomic E-state index is 13.9. The minimum absolute atomic E-state index is 0.105. The summed E-state index contributed by atoms with van der Waals surface area (Å²) in [6.45, 7) is 1.97. The second kappa shape index (κ2) is 8.35. The number of aromatic hydroxyl groups is 1. The van der Waals surface area contributed by atoms with Gasteiger partial charge in [-0.2, -0.15) is 0 Å². The third-order valence-corrected chi connectivity index (χ3v) is 8.40. The number of ketones is 3. The molecule has 1 amide bonds. The van der Waals surface area contributed by atoms with E-state index in [-0.39, 0.29) is 17.7 Å². The lowest BCUT2D eigenvalue weighted by molar-refractivity contribution is -0.176. The van der Waals surface area contributed by atoms with Crippen LogP contribution in [0.1, 0.15) is 34.3 Å². The van der Waals surface area contributed by atoms with Gasteiger partial charge in [0.1, 0.15) is 17.3 Å². The molecule has 8 heteroatoms. The molecule has 0 radical (unpaired) electrons. The number of carbonyl (C=O) groups is 4. The molecular weight excluding hydrogens is 460 g/mol. The molecule has 8 nitrogen and oxygen atoms in total. The number of hydrogen-bond donors (Lipinski definition) is 3. The Kier molecular flexibility index (Phi) is 5.65. The van der Waals surface area contributed by atoms with Gasteiger partial charge < -0.3 is 15.9 Å². The Bertz CT molecular complexity index is 1320. The quantitative estimate of drug-likeness (QED) is 0.556. The van der Waals surface area contributed by atoms with E-state index in [1.807, 2.05) is 31.2 Å². The van der Waals surface area contributed by atoms with Crippen molar-refractivity contribution >= 4 is 23.3 Å². The Balaban J connectivity index is 1.63. The van der Waals surface area contributed by atoms with Crippen LogP contribution < -0.4 is 5.73 Å². The van der Waals surface area contributed by atoms with Gasteiger partial charge in [-0.15, -0.1) is 0 Å². The Hall–Kier alpha value is -3.36. The van der Waals surface area contributed by atoms with Gasteiger partial charge in [0.15, 0.2) is 17.3 Å². The largest absolute Gasteiger partial charge is 0.507 e. The van der Waals surface area contributed by atoms with Crippen molar-refractivity contribution in [3.8, 4) is 16.9 Å². The number of fused-ring (bicyclic) bond motifs is 3. The first-order chi connectivity index (χ1) is 17.0. The molecule has 0 aliphatic heterocycles. The lowest BCUT2D eigenvalue weighted by Gasteiger charge is -2.53. The van der Waals surface area contributed by atoms with Crippen LogP contribution >= 0.6 is 0 Å². The van der Waals surface area contributed by atoms with Gasteiger partial charge in [0.05, 0.1) is 17.5 Å². The predicted molar refractivity (Wildman–Crippen MR) is 131 cm³/mol. The van der Waals surface area contributed by atoms with Gasteiger partial charge in [-0.05, 0) is 62.5 Å². The topological polar surface area (TPSA) is 138 Å². The number of primary amides is 1. The van der Waals surface area contributed by atoms with E-state index < -0.39 is 65.0 Å². The molecule has 36 heavy (non-hydrogen) atoms. The molecule has 4 N–H and O–H groups in total. The van der Waals surface area contributed by atoms with Crippen molar-refractivity contribution in [3.05, 3.63) is 53.1 Å². The van der Waals surface area contributed by atoms with E-state index in [4.69, 9.17) is 5.73 Å². The monoisotopic (exact) mass is 490 g/mol. The number of hydrogen-bond acceptors (Lipinski definition) is 7. The molecule has 0 saturated heterocycles. The van der Waals surface area contributed by atoms with Crippen molar-refractivity contribution in [2.45, 2.75) is 37.8 Å². The van der Waals surface area contributed by atoms with E-state index in [1.165, 1.54) is 6.07 Å². The van der Waals surface area contributed by atoms with Crippen LogP contribution in [0.25, 0.3) is 11.1 Å². The average Bonchev–Trinajstić information content (AvgIpc) is 2.80. The zero-order valence-corrected chi connectivity index (χ0v) is 20.5. The Morgan fingerprint density at radius 1 is 1.14 bits per heavy atom. The lowest BCUT2D eigenvalue weighted by atomic mass is 9.52. The van der Waals surface area contributed by atoms with Crippen molar-refractivity contribution in [2.75, 3.05) is 14.1 Å². The molecule has 3 aliphatic rings. The van der Waals surface area contributed by atoms with E-state index in [1.54, 1.807) is 25.1 Å². The number of rotatable bonds is 3. The number of nitrogens with zero attached hydrogens (tertiary/aromatic N) is 1. The number of carbonyl (C=O) groups excluding carboxylic acids is 4. The number of nitrogens with two attached hydrogens (primary N) is 1. The molecule has 0 aromatic heterocycles. The van der Waals surface area contributed by atoms with Crippen molar-refractivity contribution in [3.63, 3.8) is 0 Å². The molecule has 5 rings (SSSR count). The Morgan fingerprint density at radius 2 is 1.86 bits per heavy atom. The van der Waals surface area contributed by atoms with Crippen LogP contribution in [0.2, 0.25) is 0 Å². The molecule has 0 heterocycles. The fourth-order valence-electron chi connectivity index (χ4n) is 6.79. The molecule has 6 unspecified atom stereocenters. The fraction of sp³-hybridized carbons (Fsp3) is 0.429. The third-order valence-electron chi connectivity index (χ3n) is 8.40. The molecule has 2 aromatic carbocycles. The zero-order valence-electron chi connectivity index (χ0n) is 20.5. The van der Waals surface area contributed by atoms with Crippen molar-refractivity contribution in [1.82, 2.24) is 4.90 Å². The van der Waals surface area contributed by atoms with Crippen LogP contribution in [0, 0.1) is 30.6 Å². The highest BCUT2D eigenvalue weighted by molar-refractivity contribution is 6.18. The first-order valence-electron chi connectivity index (χ1n) is 12.2. The molecule has 2 saturated carbocycles. The summed E-state index contributed by atoms with van der Waals surface area (Å²) in [5.41, 5.74) is 6.96. The second-order valence-electron chi connectivity index (χ2n) is 10.8.